The van der Waals surface area contributed by atoms with E-state index in [9.17, 15) is 4.79 Å². The number of nitrogens with zero attached hydrogens (tertiary/aromatic N) is 2. The number of rotatable bonds is 3. The Morgan fingerprint density at radius 3 is 2.71 bits per heavy atom. The van der Waals surface area contributed by atoms with E-state index in [-0.39, 0.29) is 11.9 Å². The Hall–Kier alpha value is -1.07. The minimum Gasteiger partial charge on any atom is -0.360 e. The van der Waals surface area contributed by atoms with Crippen LogP contribution in [0.2, 0.25) is 0 Å². The number of carbonyl (C=O) groups excluding carboxylic acids is 1. The minimum atomic E-state index is -0.0437. The van der Waals surface area contributed by atoms with Crippen LogP contribution in [0.1, 0.15) is 13.3 Å². The molecule has 0 saturated carbocycles. The van der Waals surface area contributed by atoms with Gasteiger partial charge in [0.1, 0.15) is 0 Å². The topological polar surface area (TPSA) is 49.6 Å². The molecule has 2 N–H and O–H groups in total. The molecule has 4 nitrogen and oxygen atoms in total. The summed E-state index contributed by atoms with van der Waals surface area (Å²) < 4.78 is 0. The first-order valence-corrected chi connectivity index (χ1v) is 6.86. The maximum absolute atomic E-state index is 11.8. The van der Waals surface area contributed by atoms with Crippen molar-refractivity contribution in [3.8, 4) is 0 Å². The third-order valence-electron chi connectivity index (χ3n) is 2.95. The molecular weight excluding hydrogens is 234 g/mol. The number of hydrogen-bond donors (Lipinski definition) is 1. The lowest BCUT2D eigenvalue weighted by Crippen LogP contribution is -2.49. The normalized spacial score (nSPS) is 18.2. The number of carbonyl (C=O) groups is 1. The van der Waals surface area contributed by atoms with Crippen molar-refractivity contribution in [3.63, 3.8) is 0 Å². The lowest BCUT2D eigenvalue weighted by Gasteiger charge is -2.35. The van der Waals surface area contributed by atoms with Crippen molar-refractivity contribution >= 4 is 22.2 Å². The molecule has 5 heteroatoms. The van der Waals surface area contributed by atoms with Gasteiger partial charge in [0.25, 0.3) is 0 Å². The molecule has 1 saturated heterocycles. The third kappa shape index (κ3) is 3.20. The summed E-state index contributed by atoms with van der Waals surface area (Å²) in [5.41, 5.74) is 5.65. The molecule has 2 rings (SSSR count). The molecule has 1 aliphatic heterocycles. The summed E-state index contributed by atoms with van der Waals surface area (Å²) in [4.78, 5) is 16.1. The summed E-state index contributed by atoms with van der Waals surface area (Å²) in [6, 6.07) is 4.15. The summed E-state index contributed by atoms with van der Waals surface area (Å²) in [6.45, 7) is 5.34. The monoisotopic (exact) mass is 253 g/mol. The van der Waals surface area contributed by atoms with Gasteiger partial charge in [-0.3, -0.25) is 4.79 Å². The summed E-state index contributed by atoms with van der Waals surface area (Å²) >= 11 is 1.75. The Bertz CT molecular complexity index is 356. The van der Waals surface area contributed by atoms with Crippen molar-refractivity contribution in [2.24, 2.45) is 5.73 Å². The highest BCUT2D eigenvalue weighted by atomic mass is 32.1. The van der Waals surface area contributed by atoms with Crippen LogP contribution in [-0.2, 0) is 4.79 Å². The fourth-order valence-electron chi connectivity index (χ4n) is 2.03. The van der Waals surface area contributed by atoms with Crippen LogP contribution < -0.4 is 10.6 Å². The van der Waals surface area contributed by atoms with Gasteiger partial charge in [-0.1, -0.05) is 0 Å². The van der Waals surface area contributed by atoms with E-state index in [1.165, 1.54) is 5.00 Å². The van der Waals surface area contributed by atoms with Crippen LogP contribution in [0.5, 0.6) is 0 Å². The molecule has 1 aromatic rings. The van der Waals surface area contributed by atoms with Crippen LogP contribution in [0.3, 0.4) is 0 Å². The summed E-state index contributed by atoms with van der Waals surface area (Å²) in [5, 5.41) is 3.38. The lowest BCUT2D eigenvalue weighted by molar-refractivity contribution is -0.131. The van der Waals surface area contributed by atoms with E-state index in [2.05, 4.69) is 22.4 Å². The molecule has 1 unspecified atom stereocenters. The van der Waals surface area contributed by atoms with Gasteiger partial charge in [0.15, 0.2) is 0 Å². The number of nitrogens with two attached hydrogens (primary N) is 1. The van der Waals surface area contributed by atoms with Gasteiger partial charge in [0.05, 0.1) is 5.00 Å². The van der Waals surface area contributed by atoms with Gasteiger partial charge in [-0.05, 0) is 24.4 Å². The first-order chi connectivity index (χ1) is 8.16. The van der Waals surface area contributed by atoms with Gasteiger partial charge in [0.2, 0.25) is 5.91 Å². The van der Waals surface area contributed by atoms with E-state index in [1.807, 2.05) is 11.8 Å². The quantitative estimate of drug-likeness (QED) is 0.878. The fourth-order valence-corrected chi connectivity index (χ4v) is 2.82. The van der Waals surface area contributed by atoms with Gasteiger partial charge in [-0.15, -0.1) is 11.3 Å². The number of hydrogen-bond acceptors (Lipinski definition) is 4. The Balaban J connectivity index is 1.84. The number of anilines is 1. The van der Waals surface area contributed by atoms with E-state index >= 15 is 0 Å². The van der Waals surface area contributed by atoms with Crippen LogP contribution >= 0.6 is 11.3 Å². The highest BCUT2D eigenvalue weighted by molar-refractivity contribution is 7.14. The van der Waals surface area contributed by atoms with E-state index in [0.717, 1.165) is 26.2 Å². The molecule has 0 spiro atoms. The van der Waals surface area contributed by atoms with E-state index in [1.54, 1.807) is 11.3 Å². The van der Waals surface area contributed by atoms with Crippen LogP contribution in [0.15, 0.2) is 17.5 Å². The standard InChI is InChI=1S/C12H19N3OS/c1-10(13)9-11(16)14-4-6-15(7-5-14)12-3-2-8-17-12/h2-3,8,10H,4-7,9,13H2,1H3. The smallest absolute Gasteiger partial charge is 0.224 e. The average Bonchev–Trinajstić information content (AvgIpc) is 2.82. The van der Waals surface area contributed by atoms with Gasteiger partial charge < -0.3 is 15.5 Å². The molecule has 1 atom stereocenters. The van der Waals surface area contributed by atoms with Crippen molar-refractivity contribution in [1.29, 1.82) is 0 Å². The highest BCUT2D eigenvalue weighted by Gasteiger charge is 2.21. The maximum Gasteiger partial charge on any atom is 0.224 e. The molecule has 1 aliphatic rings. The molecule has 1 aromatic heterocycles. The van der Waals surface area contributed by atoms with Crippen molar-refractivity contribution in [3.05, 3.63) is 17.5 Å². The maximum atomic E-state index is 11.8. The first-order valence-electron chi connectivity index (χ1n) is 5.98. The zero-order chi connectivity index (χ0) is 12.3. The van der Waals surface area contributed by atoms with Crippen LogP contribution in [0.4, 0.5) is 5.00 Å². The zero-order valence-corrected chi connectivity index (χ0v) is 10.9. The molecule has 1 amide bonds. The molecule has 0 bridgehead atoms. The van der Waals surface area contributed by atoms with Crippen molar-refractivity contribution in [1.82, 2.24) is 4.90 Å². The first kappa shape index (κ1) is 12.4. The number of amides is 1. The fraction of sp³-hybridized carbons (Fsp3) is 0.583. The molecule has 0 aliphatic carbocycles. The minimum absolute atomic E-state index is 0.0437. The zero-order valence-electron chi connectivity index (χ0n) is 10.1. The van der Waals surface area contributed by atoms with Gasteiger partial charge in [0, 0.05) is 38.6 Å². The van der Waals surface area contributed by atoms with Gasteiger partial charge >= 0.3 is 0 Å². The average molecular weight is 253 g/mol. The molecular formula is C12H19N3OS. The molecule has 0 radical (unpaired) electrons. The van der Waals surface area contributed by atoms with E-state index in [0.29, 0.717) is 6.42 Å². The van der Waals surface area contributed by atoms with E-state index in [4.69, 9.17) is 5.73 Å². The van der Waals surface area contributed by atoms with Crippen LogP contribution in [0.25, 0.3) is 0 Å². The predicted molar refractivity (Wildman–Crippen MR) is 71.4 cm³/mol. The molecule has 94 valence electrons. The second kappa shape index (κ2) is 5.51. The number of thiophene rings is 1. The Kier molecular flexibility index (Phi) is 4.02. The molecule has 0 aromatic carbocycles. The Morgan fingerprint density at radius 1 is 1.47 bits per heavy atom. The Morgan fingerprint density at radius 2 is 2.18 bits per heavy atom. The second-order valence-electron chi connectivity index (χ2n) is 4.50. The summed E-state index contributed by atoms with van der Waals surface area (Å²) in [5.74, 6) is 0.186. The number of piperazine rings is 1. The lowest BCUT2D eigenvalue weighted by atomic mass is 10.2. The van der Waals surface area contributed by atoms with Crippen molar-refractivity contribution in [2.75, 3.05) is 31.1 Å². The predicted octanol–water partition coefficient (Wildman–Crippen LogP) is 1.13. The van der Waals surface area contributed by atoms with Crippen molar-refractivity contribution in [2.45, 2.75) is 19.4 Å². The van der Waals surface area contributed by atoms with Crippen LogP contribution in [0, 0.1) is 0 Å². The summed E-state index contributed by atoms with van der Waals surface area (Å²) in [7, 11) is 0. The second-order valence-corrected chi connectivity index (χ2v) is 5.43. The highest BCUT2D eigenvalue weighted by Crippen LogP contribution is 2.22. The van der Waals surface area contributed by atoms with Crippen LogP contribution in [-0.4, -0.2) is 43.0 Å². The van der Waals surface area contributed by atoms with Gasteiger partial charge in [-0.2, -0.15) is 0 Å². The largest absolute Gasteiger partial charge is 0.360 e. The SMILES string of the molecule is CC(N)CC(=O)N1CCN(c2cccs2)CC1. The van der Waals surface area contributed by atoms with E-state index < -0.39 is 0 Å². The van der Waals surface area contributed by atoms with Gasteiger partial charge in [-0.25, -0.2) is 0 Å². The molecule has 17 heavy (non-hydrogen) atoms. The van der Waals surface area contributed by atoms with Crippen molar-refractivity contribution < 1.29 is 4.79 Å². The third-order valence-corrected chi connectivity index (χ3v) is 3.88. The molecule has 1 fully saturated rings. The summed E-state index contributed by atoms with van der Waals surface area (Å²) in [6.07, 6.45) is 0.457. The molecule has 2 heterocycles. The Labute approximate surface area is 106 Å².